The Morgan fingerprint density at radius 1 is 0.294 bits per heavy atom. The average molecular weight is 455 g/mol. The van der Waals surface area contributed by atoms with Gasteiger partial charge in [0.05, 0.1) is 0 Å². The van der Waals surface area contributed by atoms with E-state index in [4.69, 9.17) is 0 Å². The molecule has 0 atom stereocenters. The second kappa shape index (κ2) is 26.1. The molecule has 0 rings (SSSR count). The zero-order chi connectivity index (χ0) is 14.3. The summed E-state index contributed by atoms with van der Waals surface area (Å²) >= 11 is 0. The van der Waals surface area contributed by atoms with E-state index in [-0.39, 0.29) is 19.5 Å². The first-order chi connectivity index (χ1) is 6.93. The Bertz CT molecular complexity index is 61.5. The van der Waals surface area contributed by atoms with Crippen molar-refractivity contribution >= 4 is 35.4 Å². The van der Waals surface area contributed by atoms with E-state index in [2.05, 4.69) is 0 Å². The van der Waals surface area contributed by atoms with Crippen LogP contribution in [0.15, 0.2) is 0 Å². The minimum absolute atomic E-state index is 0. The third-order valence-electron chi connectivity index (χ3n) is 0. The Balaban J connectivity index is -0.0000000369. The Morgan fingerprint density at radius 2 is 0.294 bits per heavy atom. The number of hydrogen-bond donors (Lipinski definition) is 0. The van der Waals surface area contributed by atoms with Gasteiger partial charge in [-0.15, -0.1) is 0 Å². The fourth-order valence-corrected chi connectivity index (χ4v) is 0. The summed E-state index contributed by atoms with van der Waals surface area (Å²) in [4.78, 5) is 0. The molecule has 114 valence electrons. The summed E-state index contributed by atoms with van der Waals surface area (Å²) in [6, 6.07) is 0. The van der Waals surface area contributed by atoms with Crippen LogP contribution in [0.2, 0.25) is 0 Å². The zero-order valence-electron chi connectivity index (χ0n) is 6.73. The molecule has 0 saturated carbocycles. The van der Waals surface area contributed by atoms with Crippen molar-refractivity contribution in [2.45, 2.75) is 0 Å². The monoisotopic (exact) mass is 456 g/mol. The van der Waals surface area contributed by atoms with Crippen molar-refractivity contribution in [3.05, 3.63) is 0 Å². The van der Waals surface area contributed by atoms with E-state index in [1.165, 1.54) is 0 Å². The molecule has 0 nitrogen and oxygen atoms in total. The first-order valence-electron chi connectivity index (χ1n) is 2.03. The molecule has 0 aromatic rings. The van der Waals surface area contributed by atoms with E-state index in [1.807, 2.05) is 0 Å². The van der Waals surface area contributed by atoms with Gasteiger partial charge in [0.1, 0.15) is 0 Å². The van der Waals surface area contributed by atoms with Gasteiger partial charge in [0, 0.05) is 0 Å². The summed E-state index contributed by atoms with van der Waals surface area (Å²) < 4.78 is 117. The molecule has 0 aliphatic rings. The molecule has 0 aliphatic heterocycles. The summed E-state index contributed by atoms with van der Waals surface area (Å²) in [6.07, 6.45) is 0. The number of halogens is 12. The summed E-state index contributed by atoms with van der Waals surface area (Å²) in [5.41, 5.74) is 0. The summed E-state index contributed by atoms with van der Waals surface area (Å²) in [5.74, 6) is 0. The van der Waals surface area contributed by atoms with Gasteiger partial charge in [-0.05, 0) is 0 Å². The van der Waals surface area contributed by atoms with Crippen molar-refractivity contribution in [1.82, 2.24) is 0 Å². The SMILES string of the molecule is FP(F)F.FP(F)F.FP(F)F.FP(F)F.[RuH2]. The molecule has 0 aromatic carbocycles. The van der Waals surface area contributed by atoms with Crippen LogP contribution in [0.1, 0.15) is 0 Å². The van der Waals surface area contributed by atoms with Crippen LogP contribution < -0.4 is 0 Å². The fraction of sp³-hybridized carbons (Fsp3) is 0. The van der Waals surface area contributed by atoms with Crippen LogP contribution in [0.25, 0.3) is 0 Å². The second-order valence-corrected chi connectivity index (χ2v) is 2.30. The van der Waals surface area contributed by atoms with Crippen LogP contribution in [0.4, 0.5) is 50.4 Å². The van der Waals surface area contributed by atoms with Gasteiger partial charge in [0.15, 0.2) is 0 Å². The van der Waals surface area contributed by atoms with Gasteiger partial charge in [-0.3, -0.25) is 0 Å². The molecule has 0 N–H and O–H groups in total. The van der Waals surface area contributed by atoms with Gasteiger partial charge < -0.3 is 0 Å². The molecule has 17 heavy (non-hydrogen) atoms. The first kappa shape index (κ1) is 31.1. The summed E-state index contributed by atoms with van der Waals surface area (Å²) in [7, 11) is -16.5. The van der Waals surface area contributed by atoms with E-state index in [1.54, 1.807) is 0 Å². The predicted octanol–water partition coefficient (Wildman–Crippen LogP) is 7.95. The van der Waals surface area contributed by atoms with Gasteiger partial charge in [-0.1, -0.05) is 0 Å². The maximum absolute atomic E-state index is 9.73. The van der Waals surface area contributed by atoms with Gasteiger partial charge in [-0.2, -0.15) is 50.4 Å². The third-order valence-corrected chi connectivity index (χ3v) is 0. The van der Waals surface area contributed by atoms with Crippen molar-refractivity contribution in [1.29, 1.82) is 0 Å². The van der Waals surface area contributed by atoms with Crippen LogP contribution in [0, 0.1) is 0 Å². The fourth-order valence-electron chi connectivity index (χ4n) is 0. The number of hydrogen-bond acceptors (Lipinski definition) is 0. The van der Waals surface area contributed by atoms with Crippen molar-refractivity contribution < 1.29 is 69.8 Å². The van der Waals surface area contributed by atoms with Crippen molar-refractivity contribution in [3.63, 3.8) is 0 Å². The van der Waals surface area contributed by atoms with E-state index in [0.29, 0.717) is 0 Å². The number of rotatable bonds is 0. The van der Waals surface area contributed by atoms with Crippen molar-refractivity contribution in [2.24, 2.45) is 0 Å². The second-order valence-electron chi connectivity index (χ2n) is 0.767. The van der Waals surface area contributed by atoms with E-state index >= 15 is 0 Å². The molecular weight excluding hydrogens is 453 g/mol. The molecule has 0 spiro atoms. The van der Waals surface area contributed by atoms with Gasteiger partial charge in [-0.25, -0.2) is 0 Å². The van der Waals surface area contributed by atoms with Gasteiger partial charge in [0.25, 0.3) is 0 Å². The predicted molar refractivity (Wildman–Crippen MR) is 43.8 cm³/mol. The molecule has 17 heteroatoms. The van der Waals surface area contributed by atoms with Gasteiger partial charge in [0.2, 0.25) is 0 Å². The molecule has 0 aliphatic carbocycles. The quantitative estimate of drug-likeness (QED) is 0.198. The molecule has 0 bridgehead atoms. The van der Waals surface area contributed by atoms with Crippen molar-refractivity contribution in [2.75, 3.05) is 0 Å². The third kappa shape index (κ3) is 1860. The Labute approximate surface area is 106 Å². The molecule has 0 radical (unpaired) electrons. The van der Waals surface area contributed by atoms with Crippen LogP contribution in [-0.4, -0.2) is 0 Å². The standard InChI is InChI=1S/4F3P.Ru.2H/c4*1-4(2)3;;;. The van der Waals surface area contributed by atoms with Crippen LogP contribution in [-0.2, 0) is 19.5 Å². The van der Waals surface area contributed by atoms with E-state index in [0.717, 1.165) is 0 Å². The average Bonchev–Trinajstić information content (AvgIpc) is 1.76. The topological polar surface area (TPSA) is 0 Å². The van der Waals surface area contributed by atoms with Crippen molar-refractivity contribution in [3.8, 4) is 0 Å². The van der Waals surface area contributed by atoms with E-state index in [9.17, 15) is 50.4 Å². The van der Waals surface area contributed by atoms with E-state index < -0.39 is 35.4 Å². The molecule has 0 unspecified atom stereocenters. The molecular formula is H2F12P4Ru. The summed E-state index contributed by atoms with van der Waals surface area (Å²) in [6.45, 7) is 0. The molecule has 0 heterocycles. The molecule has 0 fully saturated rings. The minimum atomic E-state index is -4.12. The Kier molecular flexibility index (Phi) is 47.8. The molecule has 0 saturated heterocycles. The Morgan fingerprint density at radius 3 is 0.294 bits per heavy atom. The van der Waals surface area contributed by atoms with Gasteiger partial charge >= 0.3 is 54.9 Å². The normalized spacial score (nSPS) is 8.47. The zero-order valence-corrected chi connectivity index (χ0v) is 12.3. The van der Waals surface area contributed by atoms with Crippen LogP contribution >= 0.6 is 35.4 Å². The molecule has 0 aromatic heterocycles. The Hall–Kier alpha value is 1.50. The summed E-state index contributed by atoms with van der Waals surface area (Å²) in [5, 5.41) is 0. The maximum atomic E-state index is 9.73. The molecule has 0 amide bonds. The first-order valence-corrected chi connectivity index (χ1v) is 6.09. The van der Waals surface area contributed by atoms with Crippen LogP contribution in [0.5, 0.6) is 0 Å². The van der Waals surface area contributed by atoms with Crippen LogP contribution in [0.3, 0.4) is 0 Å².